The Bertz CT molecular complexity index is 351. The van der Waals surface area contributed by atoms with E-state index in [9.17, 15) is 4.21 Å². The molecule has 1 fully saturated rings. The van der Waals surface area contributed by atoms with Crippen LogP contribution in [0.4, 0.5) is 5.69 Å². The highest BCUT2D eigenvalue weighted by Crippen LogP contribution is 2.18. The van der Waals surface area contributed by atoms with Crippen LogP contribution in [0.1, 0.15) is 18.4 Å². The summed E-state index contributed by atoms with van der Waals surface area (Å²) >= 11 is 0. The Morgan fingerprint density at radius 3 is 2.50 bits per heavy atom. The summed E-state index contributed by atoms with van der Waals surface area (Å²) in [5.41, 5.74) is 2.48. The monoisotopic (exact) mass is 237 g/mol. The molecular formula is C13H19NOS. The van der Waals surface area contributed by atoms with Crippen LogP contribution in [0, 0.1) is 12.8 Å². The van der Waals surface area contributed by atoms with Gasteiger partial charge in [0, 0.05) is 34.5 Å². The molecule has 2 rings (SSSR count). The van der Waals surface area contributed by atoms with E-state index in [1.807, 2.05) is 0 Å². The Morgan fingerprint density at radius 1 is 1.25 bits per heavy atom. The van der Waals surface area contributed by atoms with Gasteiger partial charge in [0.25, 0.3) is 0 Å². The predicted molar refractivity (Wildman–Crippen MR) is 70.3 cm³/mol. The molecule has 1 N–H and O–H groups in total. The van der Waals surface area contributed by atoms with Crippen molar-refractivity contribution in [2.24, 2.45) is 5.92 Å². The molecule has 0 atom stereocenters. The van der Waals surface area contributed by atoms with Gasteiger partial charge in [0.2, 0.25) is 0 Å². The van der Waals surface area contributed by atoms with Gasteiger partial charge in [0.15, 0.2) is 0 Å². The molecular weight excluding hydrogens is 218 g/mol. The third-order valence-electron chi connectivity index (χ3n) is 3.15. The maximum atomic E-state index is 11.2. The third-order valence-corrected chi connectivity index (χ3v) is 4.54. The SMILES string of the molecule is Cc1ccc(NCC2CCS(=O)CC2)cc1. The third kappa shape index (κ3) is 3.34. The fraction of sp³-hybridized carbons (Fsp3) is 0.538. The van der Waals surface area contributed by atoms with E-state index in [2.05, 4.69) is 36.5 Å². The zero-order valence-corrected chi connectivity index (χ0v) is 10.6. The molecule has 2 nitrogen and oxygen atoms in total. The molecule has 16 heavy (non-hydrogen) atoms. The average molecular weight is 237 g/mol. The van der Waals surface area contributed by atoms with E-state index in [0.717, 1.165) is 30.9 Å². The maximum Gasteiger partial charge on any atom is 0.0340 e. The van der Waals surface area contributed by atoms with Crippen LogP contribution in [0.5, 0.6) is 0 Å². The van der Waals surface area contributed by atoms with Crippen LogP contribution >= 0.6 is 0 Å². The molecule has 0 aliphatic carbocycles. The minimum Gasteiger partial charge on any atom is -0.385 e. The van der Waals surface area contributed by atoms with E-state index in [4.69, 9.17) is 0 Å². The van der Waals surface area contributed by atoms with Gasteiger partial charge in [-0.2, -0.15) is 0 Å². The van der Waals surface area contributed by atoms with Crippen LogP contribution < -0.4 is 5.32 Å². The zero-order valence-electron chi connectivity index (χ0n) is 9.74. The standard InChI is InChI=1S/C13H19NOS/c1-11-2-4-13(5-3-11)14-10-12-6-8-16(15)9-7-12/h2-5,12,14H,6-10H2,1H3. The molecule has 1 aliphatic rings. The van der Waals surface area contributed by atoms with Crippen molar-refractivity contribution in [3.05, 3.63) is 29.8 Å². The lowest BCUT2D eigenvalue weighted by atomic mass is 10.0. The fourth-order valence-corrected chi connectivity index (χ4v) is 3.38. The molecule has 0 bridgehead atoms. The Kier molecular flexibility index (Phi) is 3.99. The number of benzene rings is 1. The fourth-order valence-electron chi connectivity index (χ4n) is 1.98. The number of rotatable bonds is 3. The first kappa shape index (κ1) is 11.6. The van der Waals surface area contributed by atoms with E-state index in [-0.39, 0.29) is 0 Å². The number of nitrogens with one attached hydrogen (secondary N) is 1. The lowest BCUT2D eigenvalue weighted by Crippen LogP contribution is -2.24. The van der Waals surface area contributed by atoms with E-state index in [0.29, 0.717) is 5.92 Å². The van der Waals surface area contributed by atoms with Crippen molar-refractivity contribution >= 4 is 16.5 Å². The van der Waals surface area contributed by atoms with Gasteiger partial charge >= 0.3 is 0 Å². The van der Waals surface area contributed by atoms with E-state index >= 15 is 0 Å². The van der Waals surface area contributed by atoms with Gasteiger partial charge in [0.05, 0.1) is 0 Å². The molecule has 1 aromatic carbocycles. The zero-order chi connectivity index (χ0) is 11.4. The van der Waals surface area contributed by atoms with Crippen LogP contribution in [0.2, 0.25) is 0 Å². The predicted octanol–water partition coefficient (Wildman–Crippen LogP) is 2.57. The van der Waals surface area contributed by atoms with Gasteiger partial charge in [-0.1, -0.05) is 17.7 Å². The summed E-state index contributed by atoms with van der Waals surface area (Å²) in [5, 5.41) is 3.46. The van der Waals surface area contributed by atoms with Crippen LogP contribution in [-0.4, -0.2) is 22.3 Å². The van der Waals surface area contributed by atoms with Crippen molar-refractivity contribution in [2.45, 2.75) is 19.8 Å². The van der Waals surface area contributed by atoms with Crippen LogP contribution in [0.15, 0.2) is 24.3 Å². The molecule has 1 aliphatic heterocycles. The lowest BCUT2D eigenvalue weighted by Gasteiger charge is -2.22. The van der Waals surface area contributed by atoms with E-state index < -0.39 is 10.8 Å². The quantitative estimate of drug-likeness (QED) is 0.875. The second kappa shape index (κ2) is 5.48. The van der Waals surface area contributed by atoms with Gasteiger partial charge in [-0.25, -0.2) is 0 Å². The largest absolute Gasteiger partial charge is 0.385 e. The van der Waals surface area contributed by atoms with E-state index in [1.165, 1.54) is 11.3 Å². The highest BCUT2D eigenvalue weighted by Gasteiger charge is 2.17. The second-order valence-electron chi connectivity index (χ2n) is 4.54. The van der Waals surface area contributed by atoms with E-state index in [1.54, 1.807) is 0 Å². The minimum absolute atomic E-state index is 0.540. The Balaban J connectivity index is 1.79. The first-order valence-electron chi connectivity index (χ1n) is 5.89. The molecule has 0 radical (unpaired) electrons. The van der Waals surface area contributed by atoms with Gasteiger partial charge < -0.3 is 5.32 Å². The summed E-state index contributed by atoms with van der Waals surface area (Å²) in [5.74, 6) is 2.47. The number of hydrogen-bond acceptors (Lipinski definition) is 2. The molecule has 0 amide bonds. The van der Waals surface area contributed by atoms with Crippen LogP contribution in [0.3, 0.4) is 0 Å². The van der Waals surface area contributed by atoms with Crippen molar-refractivity contribution in [1.29, 1.82) is 0 Å². The van der Waals surface area contributed by atoms with Crippen molar-refractivity contribution in [3.8, 4) is 0 Å². The Morgan fingerprint density at radius 2 is 1.88 bits per heavy atom. The van der Waals surface area contributed by atoms with Crippen molar-refractivity contribution < 1.29 is 4.21 Å². The normalized spacial score (nSPS) is 25.3. The molecule has 88 valence electrons. The van der Waals surface area contributed by atoms with Crippen molar-refractivity contribution in [2.75, 3.05) is 23.4 Å². The lowest BCUT2D eigenvalue weighted by molar-refractivity contribution is 0.505. The van der Waals surface area contributed by atoms with Gasteiger partial charge in [0.1, 0.15) is 0 Å². The topological polar surface area (TPSA) is 29.1 Å². The summed E-state index contributed by atoms with van der Waals surface area (Å²) < 4.78 is 11.2. The molecule has 1 aromatic rings. The summed E-state index contributed by atoms with van der Waals surface area (Å²) in [6.07, 6.45) is 2.21. The molecule has 0 saturated carbocycles. The summed E-state index contributed by atoms with van der Waals surface area (Å²) in [6, 6.07) is 8.49. The van der Waals surface area contributed by atoms with Gasteiger partial charge in [-0.3, -0.25) is 4.21 Å². The molecule has 1 saturated heterocycles. The highest BCUT2D eigenvalue weighted by atomic mass is 32.2. The summed E-state index contributed by atoms with van der Waals surface area (Å²) in [4.78, 5) is 0. The Labute approximate surface area is 99.9 Å². The first-order chi connectivity index (χ1) is 7.74. The average Bonchev–Trinajstić information content (AvgIpc) is 2.30. The van der Waals surface area contributed by atoms with Crippen LogP contribution in [-0.2, 0) is 10.8 Å². The van der Waals surface area contributed by atoms with Crippen molar-refractivity contribution in [1.82, 2.24) is 0 Å². The Hall–Kier alpha value is -0.830. The van der Waals surface area contributed by atoms with Crippen molar-refractivity contribution in [3.63, 3.8) is 0 Å². The minimum atomic E-state index is -0.540. The second-order valence-corrected chi connectivity index (χ2v) is 6.23. The summed E-state index contributed by atoms with van der Waals surface area (Å²) in [7, 11) is -0.540. The molecule has 0 unspecified atom stereocenters. The number of hydrogen-bond donors (Lipinski definition) is 1. The first-order valence-corrected chi connectivity index (χ1v) is 7.38. The number of anilines is 1. The molecule has 3 heteroatoms. The number of aryl methyl sites for hydroxylation is 1. The molecule has 0 spiro atoms. The highest BCUT2D eigenvalue weighted by molar-refractivity contribution is 7.85. The van der Waals surface area contributed by atoms with Gasteiger partial charge in [-0.15, -0.1) is 0 Å². The summed E-state index contributed by atoms with van der Waals surface area (Å²) in [6.45, 7) is 3.11. The molecule has 0 aromatic heterocycles. The van der Waals surface area contributed by atoms with Gasteiger partial charge in [-0.05, 0) is 37.8 Å². The smallest absolute Gasteiger partial charge is 0.0340 e. The van der Waals surface area contributed by atoms with Crippen LogP contribution in [0.25, 0.3) is 0 Å². The maximum absolute atomic E-state index is 11.2. The molecule has 1 heterocycles.